The zero-order valence-corrected chi connectivity index (χ0v) is 14.3. The molecule has 0 spiro atoms. The molecule has 0 aliphatic carbocycles. The van der Waals surface area contributed by atoms with Crippen molar-refractivity contribution in [3.63, 3.8) is 0 Å². The molecule has 23 heavy (non-hydrogen) atoms. The molecule has 1 aromatic carbocycles. The third-order valence-corrected chi connectivity index (χ3v) is 4.09. The van der Waals surface area contributed by atoms with E-state index in [4.69, 9.17) is 0 Å². The number of para-hydroxylation sites is 1. The number of rotatable bonds is 7. The van der Waals surface area contributed by atoms with E-state index in [1.54, 1.807) is 7.05 Å². The number of carbonyl (C=O) groups excluding carboxylic acids is 1. The summed E-state index contributed by atoms with van der Waals surface area (Å²) in [5, 5.41) is 6.53. The summed E-state index contributed by atoms with van der Waals surface area (Å²) in [4.78, 5) is 18.5. The average Bonchev–Trinajstić information content (AvgIpc) is 3.01. The highest BCUT2D eigenvalue weighted by Gasteiger charge is 2.23. The number of benzene rings is 1. The van der Waals surface area contributed by atoms with Gasteiger partial charge in [0.15, 0.2) is 5.96 Å². The lowest BCUT2D eigenvalue weighted by Crippen LogP contribution is -2.38. The van der Waals surface area contributed by atoms with Gasteiger partial charge in [0.1, 0.15) is 0 Å². The summed E-state index contributed by atoms with van der Waals surface area (Å²) in [6.07, 6.45) is 4.64. The minimum Gasteiger partial charge on any atom is -0.356 e. The quantitative estimate of drug-likeness (QED) is 0.461. The van der Waals surface area contributed by atoms with E-state index >= 15 is 0 Å². The fourth-order valence-electron chi connectivity index (χ4n) is 2.78. The molecule has 0 radical (unpaired) electrons. The molecule has 1 heterocycles. The summed E-state index contributed by atoms with van der Waals surface area (Å²) in [6.45, 7) is 4.67. The number of anilines is 1. The Hall–Kier alpha value is -2.04. The van der Waals surface area contributed by atoms with E-state index in [0.29, 0.717) is 6.42 Å². The first kappa shape index (κ1) is 17.3. The SMILES string of the molecule is CCCCNC(=NC)NCCCC(=O)N1CCc2ccccc21. The van der Waals surface area contributed by atoms with Crippen molar-refractivity contribution in [2.45, 2.75) is 39.0 Å². The molecule has 2 rings (SSSR count). The Balaban J connectivity index is 1.69. The molecular formula is C18H28N4O. The first-order valence-corrected chi connectivity index (χ1v) is 8.59. The molecule has 2 N–H and O–H groups in total. The van der Waals surface area contributed by atoms with Crippen LogP contribution in [0.3, 0.4) is 0 Å². The van der Waals surface area contributed by atoms with Crippen molar-refractivity contribution in [3.8, 4) is 0 Å². The van der Waals surface area contributed by atoms with Crippen LogP contribution in [0.25, 0.3) is 0 Å². The maximum Gasteiger partial charge on any atom is 0.227 e. The molecule has 5 heteroatoms. The van der Waals surface area contributed by atoms with Gasteiger partial charge >= 0.3 is 0 Å². The van der Waals surface area contributed by atoms with Crippen molar-refractivity contribution in [1.82, 2.24) is 10.6 Å². The molecule has 126 valence electrons. The number of carbonyl (C=O) groups is 1. The molecule has 1 aliphatic heterocycles. The zero-order valence-electron chi connectivity index (χ0n) is 14.3. The Bertz CT molecular complexity index is 542. The predicted octanol–water partition coefficient (Wildman–Crippen LogP) is 2.32. The smallest absolute Gasteiger partial charge is 0.227 e. The normalized spacial score (nSPS) is 13.8. The molecule has 0 aromatic heterocycles. The molecule has 0 unspecified atom stereocenters. The van der Waals surface area contributed by atoms with Crippen LogP contribution in [-0.2, 0) is 11.2 Å². The Morgan fingerprint density at radius 2 is 1.96 bits per heavy atom. The van der Waals surface area contributed by atoms with E-state index in [1.165, 1.54) is 5.56 Å². The Morgan fingerprint density at radius 3 is 2.70 bits per heavy atom. The molecule has 0 bridgehead atoms. The minimum atomic E-state index is 0.214. The van der Waals surface area contributed by atoms with Gasteiger partial charge in [0.25, 0.3) is 0 Å². The summed E-state index contributed by atoms with van der Waals surface area (Å²) in [5.74, 6) is 1.03. The number of amides is 1. The van der Waals surface area contributed by atoms with Gasteiger partial charge in [0.2, 0.25) is 5.91 Å². The molecule has 1 amide bonds. The number of aliphatic imine (C=N–C) groups is 1. The minimum absolute atomic E-state index is 0.214. The average molecular weight is 316 g/mol. The van der Waals surface area contributed by atoms with E-state index in [1.807, 2.05) is 23.1 Å². The van der Waals surface area contributed by atoms with Crippen molar-refractivity contribution in [3.05, 3.63) is 29.8 Å². The molecule has 1 aromatic rings. The van der Waals surface area contributed by atoms with Gasteiger partial charge in [-0.3, -0.25) is 9.79 Å². The maximum absolute atomic E-state index is 12.4. The van der Waals surface area contributed by atoms with Crippen molar-refractivity contribution in [2.75, 3.05) is 31.6 Å². The lowest BCUT2D eigenvalue weighted by Gasteiger charge is -2.17. The molecule has 1 aliphatic rings. The van der Waals surface area contributed by atoms with Crippen LogP contribution in [-0.4, -0.2) is 38.5 Å². The molecule has 0 fully saturated rings. The van der Waals surface area contributed by atoms with Crippen molar-refractivity contribution >= 4 is 17.6 Å². The lowest BCUT2D eigenvalue weighted by atomic mass is 10.2. The molecule has 0 saturated carbocycles. The first-order chi connectivity index (χ1) is 11.3. The monoisotopic (exact) mass is 316 g/mol. The second-order valence-corrected chi connectivity index (χ2v) is 5.81. The topological polar surface area (TPSA) is 56.7 Å². The van der Waals surface area contributed by atoms with Gasteiger partial charge in [-0.25, -0.2) is 0 Å². The number of nitrogens with zero attached hydrogens (tertiary/aromatic N) is 2. The van der Waals surface area contributed by atoms with Gasteiger partial charge in [-0.15, -0.1) is 0 Å². The number of nitrogens with one attached hydrogen (secondary N) is 2. The number of fused-ring (bicyclic) bond motifs is 1. The van der Waals surface area contributed by atoms with Gasteiger partial charge in [0, 0.05) is 38.8 Å². The van der Waals surface area contributed by atoms with Crippen LogP contribution in [0.15, 0.2) is 29.3 Å². The van der Waals surface area contributed by atoms with Crippen LogP contribution in [0.1, 0.15) is 38.2 Å². The van der Waals surface area contributed by atoms with Gasteiger partial charge in [-0.1, -0.05) is 31.5 Å². The lowest BCUT2D eigenvalue weighted by molar-refractivity contribution is -0.118. The van der Waals surface area contributed by atoms with Gasteiger partial charge in [0.05, 0.1) is 0 Å². The standard InChI is InChI=1S/C18H28N4O/c1-3-4-12-20-18(19-2)21-13-7-10-17(23)22-14-11-15-8-5-6-9-16(15)22/h5-6,8-9H,3-4,7,10-14H2,1-2H3,(H2,19,20,21). The molecule has 5 nitrogen and oxygen atoms in total. The van der Waals surface area contributed by atoms with Crippen molar-refractivity contribution in [1.29, 1.82) is 0 Å². The summed E-state index contributed by atoms with van der Waals surface area (Å²) < 4.78 is 0. The van der Waals surface area contributed by atoms with E-state index in [-0.39, 0.29) is 5.91 Å². The van der Waals surface area contributed by atoms with E-state index in [9.17, 15) is 4.79 Å². The highest BCUT2D eigenvalue weighted by atomic mass is 16.2. The number of guanidine groups is 1. The Morgan fingerprint density at radius 1 is 1.22 bits per heavy atom. The summed E-state index contributed by atoms with van der Waals surface area (Å²) in [5.41, 5.74) is 2.36. The maximum atomic E-state index is 12.4. The second kappa shape index (κ2) is 9.18. The first-order valence-electron chi connectivity index (χ1n) is 8.59. The largest absolute Gasteiger partial charge is 0.356 e. The van der Waals surface area contributed by atoms with E-state index in [2.05, 4.69) is 28.6 Å². The third-order valence-electron chi connectivity index (χ3n) is 4.09. The summed E-state index contributed by atoms with van der Waals surface area (Å²) in [6, 6.07) is 8.18. The van der Waals surface area contributed by atoms with Crippen molar-refractivity contribution in [2.24, 2.45) is 4.99 Å². The van der Waals surface area contributed by atoms with Crippen LogP contribution >= 0.6 is 0 Å². The number of unbranched alkanes of at least 4 members (excludes halogenated alkanes) is 1. The Labute approximate surface area is 139 Å². The van der Waals surface area contributed by atoms with Crippen LogP contribution in [0, 0.1) is 0 Å². The van der Waals surface area contributed by atoms with Crippen LogP contribution < -0.4 is 15.5 Å². The molecule has 0 saturated heterocycles. The fraction of sp³-hybridized carbons (Fsp3) is 0.556. The zero-order chi connectivity index (χ0) is 16.5. The fourth-order valence-corrected chi connectivity index (χ4v) is 2.78. The van der Waals surface area contributed by atoms with Crippen LogP contribution in [0.5, 0.6) is 0 Å². The molecule has 0 atom stereocenters. The van der Waals surface area contributed by atoms with Crippen LogP contribution in [0.4, 0.5) is 5.69 Å². The second-order valence-electron chi connectivity index (χ2n) is 5.81. The highest BCUT2D eigenvalue weighted by molar-refractivity contribution is 5.95. The van der Waals surface area contributed by atoms with Gasteiger partial charge in [-0.2, -0.15) is 0 Å². The van der Waals surface area contributed by atoms with Crippen LogP contribution in [0.2, 0.25) is 0 Å². The van der Waals surface area contributed by atoms with Crippen molar-refractivity contribution < 1.29 is 4.79 Å². The summed E-state index contributed by atoms with van der Waals surface area (Å²) in [7, 11) is 1.77. The molecular weight excluding hydrogens is 288 g/mol. The highest BCUT2D eigenvalue weighted by Crippen LogP contribution is 2.27. The Kier molecular flexibility index (Phi) is 6.91. The van der Waals surface area contributed by atoms with Gasteiger partial charge in [-0.05, 0) is 30.9 Å². The van der Waals surface area contributed by atoms with E-state index in [0.717, 1.165) is 57.0 Å². The predicted molar refractivity (Wildman–Crippen MR) is 96.0 cm³/mol. The number of hydrogen-bond donors (Lipinski definition) is 2. The summed E-state index contributed by atoms with van der Waals surface area (Å²) >= 11 is 0. The van der Waals surface area contributed by atoms with Gasteiger partial charge < -0.3 is 15.5 Å². The number of hydrogen-bond acceptors (Lipinski definition) is 2. The van der Waals surface area contributed by atoms with E-state index < -0.39 is 0 Å². The third kappa shape index (κ3) is 4.98.